The van der Waals surface area contributed by atoms with Gasteiger partial charge in [0.2, 0.25) is 0 Å². The van der Waals surface area contributed by atoms with Crippen molar-refractivity contribution in [1.82, 2.24) is 0 Å². The lowest BCUT2D eigenvalue weighted by atomic mass is 9.31. The lowest BCUT2D eigenvalue weighted by molar-refractivity contribution is 0.418. The number of unbranched alkanes of at least 4 members (excludes halogenated alkanes) is 3. The van der Waals surface area contributed by atoms with Crippen LogP contribution in [0.4, 0.5) is 0 Å². The zero-order valence-corrected chi connectivity index (χ0v) is 9.60. The van der Waals surface area contributed by atoms with E-state index in [0.29, 0.717) is 5.31 Å². The Morgan fingerprint density at radius 2 is 1.92 bits per heavy atom. The SMILES string of the molecule is CCCCCCC1[B]C(C)(CC)C1. The van der Waals surface area contributed by atoms with Crippen LogP contribution in [0, 0.1) is 0 Å². The summed E-state index contributed by atoms with van der Waals surface area (Å²) < 4.78 is 0. The van der Waals surface area contributed by atoms with E-state index in [1.54, 1.807) is 0 Å². The van der Waals surface area contributed by atoms with Crippen LogP contribution in [0.25, 0.3) is 0 Å². The minimum Gasteiger partial charge on any atom is -0.0684 e. The first-order valence-corrected chi connectivity index (χ1v) is 6.06. The highest BCUT2D eigenvalue weighted by atomic mass is 14.3. The molecule has 0 aliphatic carbocycles. The Morgan fingerprint density at radius 3 is 2.46 bits per heavy atom. The van der Waals surface area contributed by atoms with Gasteiger partial charge in [0.1, 0.15) is 7.28 Å². The van der Waals surface area contributed by atoms with Gasteiger partial charge < -0.3 is 0 Å². The number of rotatable bonds is 6. The summed E-state index contributed by atoms with van der Waals surface area (Å²) in [6.07, 6.45) is 9.93. The van der Waals surface area contributed by atoms with Crippen LogP contribution in [-0.2, 0) is 0 Å². The molecule has 0 nitrogen and oxygen atoms in total. The molecule has 0 aromatic heterocycles. The summed E-state index contributed by atoms with van der Waals surface area (Å²) in [7, 11) is 2.60. The second kappa shape index (κ2) is 5.07. The van der Waals surface area contributed by atoms with Gasteiger partial charge in [-0.15, -0.1) is 0 Å². The third kappa shape index (κ3) is 3.36. The van der Waals surface area contributed by atoms with E-state index >= 15 is 0 Å². The molecule has 0 N–H and O–H groups in total. The zero-order chi connectivity index (χ0) is 9.73. The first kappa shape index (κ1) is 11.1. The lowest BCUT2D eigenvalue weighted by Gasteiger charge is -2.44. The molecule has 13 heavy (non-hydrogen) atoms. The van der Waals surface area contributed by atoms with Crippen molar-refractivity contribution >= 4 is 7.28 Å². The molecule has 1 heteroatoms. The summed E-state index contributed by atoms with van der Waals surface area (Å²) in [4.78, 5) is 0. The summed E-state index contributed by atoms with van der Waals surface area (Å²) in [5, 5.41) is 0.607. The van der Waals surface area contributed by atoms with E-state index in [-0.39, 0.29) is 0 Å². The van der Waals surface area contributed by atoms with Crippen LogP contribution in [0.5, 0.6) is 0 Å². The Hall–Kier alpha value is 0.0649. The van der Waals surface area contributed by atoms with E-state index in [0.717, 1.165) is 5.82 Å². The topological polar surface area (TPSA) is 0 Å². The van der Waals surface area contributed by atoms with Crippen LogP contribution in [0.1, 0.15) is 65.7 Å². The van der Waals surface area contributed by atoms with Crippen LogP contribution in [0.15, 0.2) is 0 Å². The van der Waals surface area contributed by atoms with Gasteiger partial charge in [-0.25, -0.2) is 0 Å². The molecular weight excluding hydrogens is 155 g/mol. The van der Waals surface area contributed by atoms with Gasteiger partial charge in [0, 0.05) is 0 Å². The van der Waals surface area contributed by atoms with Gasteiger partial charge in [-0.3, -0.25) is 0 Å². The molecular formula is C12H24B. The minimum atomic E-state index is 0.607. The van der Waals surface area contributed by atoms with Gasteiger partial charge in [-0.1, -0.05) is 76.8 Å². The molecule has 1 saturated heterocycles. The molecule has 75 valence electrons. The Kier molecular flexibility index (Phi) is 4.35. The van der Waals surface area contributed by atoms with Crippen molar-refractivity contribution in [2.75, 3.05) is 0 Å². The third-order valence-electron chi connectivity index (χ3n) is 3.60. The van der Waals surface area contributed by atoms with E-state index in [1.165, 1.54) is 44.9 Å². The van der Waals surface area contributed by atoms with Crippen LogP contribution in [0.2, 0.25) is 11.1 Å². The van der Waals surface area contributed by atoms with Crippen molar-refractivity contribution in [3.63, 3.8) is 0 Å². The van der Waals surface area contributed by atoms with Crippen molar-refractivity contribution in [2.45, 2.75) is 76.8 Å². The molecule has 1 radical (unpaired) electrons. The molecule has 0 aromatic rings. The van der Waals surface area contributed by atoms with Crippen LogP contribution in [0.3, 0.4) is 0 Å². The highest BCUT2D eigenvalue weighted by Crippen LogP contribution is 2.52. The predicted molar refractivity (Wildman–Crippen MR) is 61.5 cm³/mol. The van der Waals surface area contributed by atoms with Crippen molar-refractivity contribution in [3.8, 4) is 0 Å². The first-order chi connectivity index (χ1) is 6.20. The van der Waals surface area contributed by atoms with Gasteiger partial charge in [-0.05, 0) is 0 Å². The average Bonchev–Trinajstić information content (AvgIpc) is 2.08. The van der Waals surface area contributed by atoms with E-state index in [9.17, 15) is 0 Å². The molecule has 1 aliphatic rings. The fourth-order valence-electron chi connectivity index (χ4n) is 2.42. The Bertz CT molecular complexity index is 136. The third-order valence-corrected chi connectivity index (χ3v) is 3.60. The van der Waals surface area contributed by atoms with Crippen molar-refractivity contribution in [2.24, 2.45) is 0 Å². The Balaban J connectivity index is 1.96. The minimum absolute atomic E-state index is 0.607. The molecule has 0 spiro atoms. The van der Waals surface area contributed by atoms with Crippen molar-refractivity contribution in [3.05, 3.63) is 0 Å². The highest BCUT2D eigenvalue weighted by molar-refractivity contribution is 6.46. The zero-order valence-electron chi connectivity index (χ0n) is 9.60. The van der Waals surface area contributed by atoms with Gasteiger partial charge in [0.05, 0.1) is 0 Å². The van der Waals surface area contributed by atoms with Crippen molar-refractivity contribution < 1.29 is 0 Å². The summed E-state index contributed by atoms with van der Waals surface area (Å²) in [5.41, 5.74) is 0. The molecule has 0 bridgehead atoms. The molecule has 1 aliphatic heterocycles. The van der Waals surface area contributed by atoms with Gasteiger partial charge in [0.15, 0.2) is 0 Å². The summed E-state index contributed by atoms with van der Waals surface area (Å²) in [5.74, 6) is 0.960. The summed E-state index contributed by atoms with van der Waals surface area (Å²) >= 11 is 0. The molecule has 1 heterocycles. The van der Waals surface area contributed by atoms with E-state index < -0.39 is 0 Å². The molecule has 2 atom stereocenters. The average molecular weight is 179 g/mol. The van der Waals surface area contributed by atoms with E-state index in [2.05, 4.69) is 28.1 Å². The lowest BCUT2D eigenvalue weighted by Crippen LogP contribution is -2.33. The maximum atomic E-state index is 2.60. The van der Waals surface area contributed by atoms with Crippen LogP contribution >= 0.6 is 0 Å². The summed E-state index contributed by atoms with van der Waals surface area (Å²) in [6, 6.07) is 0. The smallest absolute Gasteiger partial charge is 0.0684 e. The molecule has 0 saturated carbocycles. The second-order valence-corrected chi connectivity index (χ2v) is 4.99. The van der Waals surface area contributed by atoms with Crippen LogP contribution in [-0.4, -0.2) is 7.28 Å². The molecule has 0 aromatic carbocycles. The fourth-order valence-corrected chi connectivity index (χ4v) is 2.42. The number of hydrogen-bond acceptors (Lipinski definition) is 0. The second-order valence-electron chi connectivity index (χ2n) is 4.99. The Morgan fingerprint density at radius 1 is 1.23 bits per heavy atom. The largest absolute Gasteiger partial charge is 0.121 e. The molecule has 2 unspecified atom stereocenters. The van der Waals surface area contributed by atoms with Gasteiger partial charge in [0.25, 0.3) is 0 Å². The standard InChI is InChI=1S/C12H24B/c1-4-6-7-8-9-11-10-12(3,5-2)13-11/h11H,4-10H2,1-3H3. The normalized spacial score (nSPS) is 32.4. The first-order valence-electron chi connectivity index (χ1n) is 6.06. The quantitative estimate of drug-likeness (QED) is 0.417. The maximum Gasteiger partial charge on any atom is 0.121 e. The predicted octanol–water partition coefficient (Wildman–Crippen LogP) is 4.44. The van der Waals surface area contributed by atoms with Crippen molar-refractivity contribution in [1.29, 1.82) is 0 Å². The molecule has 1 rings (SSSR count). The monoisotopic (exact) mass is 179 g/mol. The fraction of sp³-hybridized carbons (Fsp3) is 1.00. The van der Waals surface area contributed by atoms with Crippen LogP contribution < -0.4 is 0 Å². The number of hydrogen-bond donors (Lipinski definition) is 0. The van der Waals surface area contributed by atoms with Gasteiger partial charge >= 0.3 is 0 Å². The van der Waals surface area contributed by atoms with E-state index in [4.69, 9.17) is 0 Å². The van der Waals surface area contributed by atoms with Gasteiger partial charge in [-0.2, -0.15) is 0 Å². The highest BCUT2D eigenvalue weighted by Gasteiger charge is 2.38. The maximum absolute atomic E-state index is 2.60. The Labute approximate surface area is 84.7 Å². The molecule has 1 fully saturated rings. The van der Waals surface area contributed by atoms with E-state index in [1.807, 2.05) is 0 Å². The summed E-state index contributed by atoms with van der Waals surface area (Å²) in [6.45, 7) is 6.99. The molecule has 0 amide bonds.